The molecule has 1 aromatic carbocycles. The number of rotatable bonds is 7. The molecule has 0 spiro atoms. The van der Waals surface area contributed by atoms with Crippen LogP contribution in [-0.2, 0) is 29.7 Å². The van der Waals surface area contributed by atoms with Crippen LogP contribution in [0.3, 0.4) is 0 Å². The molecule has 3 rings (SSSR count). The Labute approximate surface area is 150 Å². The Kier molecular flexibility index (Phi) is 5.64. The summed E-state index contributed by atoms with van der Waals surface area (Å²) in [5.41, 5.74) is 5.68. The van der Waals surface area contributed by atoms with Gasteiger partial charge in [-0.05, 0) is 6.07 Å². The first-order chi connectivity index (χ1) is 12.6. The largest absolute Gasteiger partial charge is 0.383 e. The van der Waals surface area contributed by atoms with Gasteiger partial charge in [-0.25, -0.2) is 4.79 Å². The first-order valence-electron chi connectivity index (χ1n) is 7.99. The van der Waals surface area contributed by atoms with E-state index in [0.29, 0.717) is 5.56 Å². The molecule has 2 N–H and O–H groups in total. The Balaban J connectivity index is 1.65. The third kappa shape index (κ3) is 3.76. The van der Waals surface area contributed by atoms with Gasteiger partial charge in [-0.3, -0.25) is 4.57 Å². The van der Waals surface area contributed by atoms with Gasteiger partial charge >= 0.3 is 11.7 Å². The minimum Gasteiger partial charge on any atom is -0.383 e. The Morgan fingerprint density at radius 1 is 1.27 bits per heavy atom. The summed E-state index contributed by atoms with van der Waals surface area (Å²) in [6.07, 6.45) is 0.207. The number of methoxy groups -OCH3 is 2. The van der Waals surface area contributed by atoms with E-state index in [1.54, 1.807) is 0 Å². The summed E-state index contributed by atoms with van der Waals surface area (Å²) in [6, 6.07) is 10.8. The van der Waals surface area contributed by atoms with Crippen molar-refractivity contribution in [3.63, 3.8) is 0 Å². The van der Waals surface area contributed by atoms with Gasteiger partial charge in [0, 0.05) is 26.0 Å². The average molecular weight is 363 g/mol. The maximum atomic E-state index is 11.9. The number of hydrogen-bond donors (Lipinski definition) is 1. The molecule has 1 aliphatic heterocycles. The molecule has 1 aliphatic rings. The molecule has 9 nitrogen and oxygen atoms in total. The molecule has 0 unspecified atom stereocenters. The van der Waals surface area contributed by atoms with Crippen molar-refractivity contribution in [2.75, 3.05) is 33.2 Å². The number of benzene rings is 1. The van der Waals surface area contributed by atoms with Gasteiger partial charge in [0.05, 0.1) is 6.61 Å². The van der Waals surface area contributed by atoms with Crippen LogP contribution in [0.25, 0.3) is 0 Å². The Morgan fingerprint density at radius 2 is 2.00 bits per heavy atom. The van der Waals surface area contributed by atoms with E-state index in [2.05, 4.69) is 4.98 Å². The molecule has 26 heavy (non-hydrogen) atoms. The summed E-state index contributed by atoms with van der Waals surface area (Å²) in [4.78, 5) is 15.6. The van der Waals surface area contributed by atoms with Gasteiger partial charge in [-0.2, -0.15) is 4.98 Å². The molecule has 2 aromatic rings. The third-order valence-corrected chi connectivity index (χ3v) is 3.97. The SMILES string of the molecule is COC(OC)(OC[C@H]1OC[C@@H](n2ccc(N)nc2=O)O1)c1ccccc1. The smallest absolute Gasteiger partial charge is 0.351 e. The maximum Gasteiger partial charge on any atom is 0.351 e. The molecule has 0 aliphatic carbocycles. The van der Waals surface area contributed by atoms with Crippen molar-refractivity contribution in [2.45, 2.75) is 18.5 Å². The van der Waals surface area contributed by atoms with E-state index in [9.17, 15) is 4.79 Å². The van der Waals surface area contributed by atoms with Gasteiger partial charge in [0.15, 0.2) is 12.5 Å². The van der Waals surface area contributed by atoms with Crippen LogP contribution in [0.5, 0.6) is 0 Å². The average Bonchev–Trinajstić information content (AvgIpc) is 3.12. The fourth-order valence-electron chi connectivity index (χ4n) is 2.66. The van der Waals surface area contributed by atoms with Crippen LogP contribution < -0.4 is 11.4 Å². The van der Waals surface area contributed by atoms with E-state index >= 15 is 0 Å². The molecule has 1 aromatic heterocycles. The predicted molar refractivity (Wildman–Crippen MR) is 90.9 cm³/mol. The minimum atomic E-state index is -1.38. The van der Waals surface area contributed by atoms with E-state index < -0.39 is 24.2 Å². The van der Waals surface area contributed by atoms with Crippen molar-refractivity contribution in [1.82, 2.24) is 9.55 Å². The summed E-state index contributed by atoms with van der Waals surface area (Å²) in [5, 5.41) is 0. The van der Waals surface area contributed by atoms with Crippen LogP contribution in [-0.4, -0.2) is 43.3 Å². The van der Waals surface area contributed by atoms with Crippen LogP contribution in [0.1, 0.15) is 11.8 Å². The second kappa shape index (κ2) is 7.94. The van der Waals surface area contributed by atoms with Crippen LogP contribution >= 0.6 is 0 Å². The Hall–Kier alpha value is -2.30. The minimum absolute atomic E-state index is 0.0320. The first-order valence-corrected chi connectivity index (χ1v) is 7.99. The van der Waals surface area contributed by atoms with E-state index in [-0.39, 0.29) is 19.0 Å². The fourth-order valence-corrected chi connectivity index (χ4v) is 2.66. The van der Waals surface area contributed by atoms with Gasteiger partial charge in [0.25, 0.3) is 0 Å². The van der Waals surface area contributed by atoms with Crippen LogP contribution in [0.4, 0.5) is 5.82 Å². The molecule has 1 saturated heterocycles. The molecule has 2 atom stereocenters. The number of nitrogen functional groups attached to an aromatic ring is 1. The molecule has 9 heteroatoms. The van der Waals surface area contributed by atoms with Crippen LogP contribution in [0.15, 0.2) is 47.4 Å². The number of aromatic nitrogens is 2. The van der Waals surface area contributed by atoms with E-state index in [0.717, 1.165) is 0 Å². The van der Waals surface area contributed by atoms with Gasteiger partial charge in [0.1, 0.15) is 12.4 Å². The highest BCUT2D eigenvalue weighted by atomic mass is 16.9. The van der Waals surface area contributed by atoms with E-state index in [4.69, 9.17) is 29.4 Å². The topological polar surface area (TPSA) is 107 Å². The molecule has 1 fully saturated rings. The van der Waals surface area contributed by atoms with Gasteiger partial charge < -0.3 is 29.4 Å². The predicted octanol–water partition coefficient (Wildman–Crippen LogP) is 0.817. The lowest BCUT2D eigenvalue weighted by molar-refractivity contribution is -0.384. The lowest BCUT2D eigenvalue weighted by atomic mass is 10.2. The van der Waals surface area contributed by atoms with Crippen molar-refractivity contribution < 1.29 is 23.7 Å². The number of anilines is 1. The van der Waals surface area contributed by atoms with E-state index in [1.165, 1.54) is 31.0 Å². The van der Waals surface area contributed by atoms with Crippen LogP contribution in [0, 0.1) is 0 Å². The van der Waals surface area contributed by atoms with Crippen molar-refractivity contribution >= 4 is 5.82 Å². The van der Waals surface area contributed by atoms with Gasteiger partial charge in [0.2, 0.25) is 0 Å². The summed E-state index contributed by atoms with van der Waals surface area (Å²) in [6.45, 7) is 0.210. The standard InChI is InChI=1S/C17H21N3O6/c1-22-17(23-2,12-6-4-3-5-7-12)25-11-15-24-10-14(26-15)20-9-8-13(18)19-16(20)21/h3-9,14-15H,10-11H2,1-2H3,(H2,18,19,21)/t14-,15-/m0/s1. The molecule has 2 heterocycles. The lowest BCUT2D eigenvalue weighted by Crippen LogP contribution is -2.37. The molecule has 0 amide bonds. The molecule has 0 bridgehead atoms. The zero-order chi connectivity index (χ0) is 18.6. The number of nitrogens with two attached hydrogens (primary N) is 1. The highest BCUT2D eigenvalue weighted by Gasteiger charge is 2.37. The monoisotopic (exact) mass is 363 g/mol. The Morgan fingerprint density at radius 3 is 2.65 bits per heavy atom. The quantitative estimate of drug-likeness (QED) is 0.721. The van der Waals surface area contributed by atoms with Gasteiger partial charge in [-0.15, -0.1) is 0 Å². The zero-order valence-electron chi connectivity index (χ0n) is 14.5. The third-order valence-electron chi connectivity index (χ3n) is 3.97. The van der Waals surface area contributed by atoms with Crippen molar-refractivity contribution in [3.8, 4) is 0 Å². The maximum absolute atomic E-state index is 11.9. The van der Waals surface area contributed by atoms with Crippen molar-refractivity contribution in [3.05, 3.63) is 58.6 Å². The molecule has 140 valence electrons. The molecule has 0 radical (unpaired) electrons. The summed E-state index contributed by atoms with van der Waals surface area (Å²) in [7, 11) is 2.96. The second-order valence-corrected chi connectivity index (χ2v) is 5.54. The number of hydrogen-bond acceptors (Lipinski definition) is 8. The van der Waals surface area contributed by atoms with Crippen molar-refractivity contribution in [1.29, 1.82) is 0 Å². The van der Waals surface area contributed by atoms with Crippen molar-refractivity contribution in [2.24, 2.45) is 0 Å². The fraction of sp³-hybridized carbons (Fsp3) is 0.412. The first kappa shape index (κ1) is 18.5. The van der Waals surface area contributed by atoms with Gasteiger partial charge in [-0.1, -0.05) is 30.3 Å². The number of ether oxygens (including phenoxy) is 5. The highest BCUT2D eigenvalue weighted by molar-refractivity contribution is 5.23. The normalized spacial score (nSPS) is 20.4. The lowest BCUT2D eigenvalue weighted by Gasteiger charge is -2.31. The summed E-state index contributed by atoms with van der Waals surface area (Å²) in [5.74, 6) is -1.23. The summed E-state index contributed by atoms with van der Waals surface area (Å²) < 4.78 is 29.3. The highest BCUT2D eigenvalue weighted by Crippen LogP contribution is 2.29. The molecular weight excluding hydrogens is 342 g/mol. The molecule has 0 saturated carbocycles. The Bertz CT molecular complexity index is 778. The second-order valence-electron chi connectivity index (χ2n) is 5.54. The number of nitrogens with zero attached hydrogens (tertiary/aromatic N) is 2. The molecular formula is C17H21N3O6. The summed E-state index contributed by atoms with van der Waals surface area (Å²) >= 11 is 0. The van der Waals surface area contributed by atoms with Crippen LogP contribution in [0.2, 0.25) is 0 Å². The van der Waals surface area contributed by atoms with E-state index in [1.807, 2.05) is 30.3 Å². The zero-order valence-corrected chi connectivity index (χ0v) is 14.5.